The van der Waals surface area contributed by atoms with Gasteiger partial charge < -0.3 is 9.42 Å². The Labute approximate surface area is 153 Å². The van der Waals surface area contributed by atoms with Gasteiger partial charge in [0.2, 0.25) is 0 Å². The molecular formula is C16H16N4O4S2. The summed E-state index contributed by atoms with van der Waals surface area (Å²) in [6.07, 6.45) is 2.49. The highest BCUT2D eigenvalue weighted by molar-refractivity contribution is 7.90. The molecule has 0 saturated carbocycles. The molecule has 4 heterocycles. The molecule has 0 radical (unpaired) electrons. The maximum atomic E-state index is 13.1. The summed E-state index contributed by atoms with van der Waals surface area (Å²) in [6.45, 7) is 2.75. The van der Waals surface area contributed by atoms with Crippen LogP contribution in [-0.2, 0) is 22.9 Å². The number of aryl methyl sites for hydroxylation is 1. The van der Waals surface area contributed by atoms with Gasteiger partial charge in [-0.05, 0) is 18.4 Å². The molecule has 1 aliphatic rings. The minimum absolute atomic E-state index is 0.162. The van der Waals surface area contributed by atoms with E-state index < -0.39 is 9.84 Å². The lowest BCUT2D eigenvalue weighted by atomic mass is 10.1. The molecule has 0 bridgehead atoms. The molecule has 3 aromatic heterocycles. The van der Waals surface area contributed by atoms with Crippen molar-refractivity contribution in [2.75, 3.05) is 12.8 Å². The van der Waals surface area contributed by atoms with Crippen molar-refractivity contribution < 1.29 is 17.7 Å². The predicted octanol–water partition coefficient (Wildman–Crippen LogP) is 1.97. The van der Waals surface area contributed by atoms with Crippen molar-refractivity contribution in [3.8, 4) is 11.3 Å². The number of fused-ring (bicyclic) bond motifs is 1. The molecule has 0 aromatic carbocycles. The van der Waals surface area contributed by atoms with E-state index in [0.717, 1.165) is 11.8 Å². The van der Waals surface area contributed by atoms with Crippen LogP contribution in [-0.4, -0.2) is 47.0 Å². The van der Waals surface area contributed by atoms with Gasteiger partial charge in [0.05, 0.1) is 25.0 Å². The Hall–Kier alpha value is -2.46. The van der Waals surface area contributed by atoms with Gasteiger partial charge in [0, 0.05) is 23.7 Å². The molecule has 3 aromatic rings. The van der Waals surface area contributed by atoms with Crippen LogP contribution in [0.4, 0.5) is 0 Å². The maximum absolute atomic E-state index is 13.1. The van der Waals surface area contributed by atoms with E-state index in [0.29, 0.717) is 35.8 Å². The van der Waals surface area contributed by atoms with Crippen LogP contribution >= 0.6 is 11.3 Å². The summed E-state index contributed by atoms with van der Waals surface area (Å²) in [5.41, 5.74) is 2.28. The number of hydrogen-bond acceptors (Lipinski definition) is 7. The second-order valence-electron chi connectivity index (χ2n) is 6.15. The summed E-state index contributed by atoms with van der Waals surface area (Å²) in [5, 5.41) is 12.0. The van der Waals surface area contributed by atoms with Gasteiger partial charge in [-0.3, -0.25) is 9.48 Å². The smallest absolute Gasteiger partial charge is 0.260 e. The molecule has 0 N–H and O–H groups in total. The molecule has 0 atom stereocenters. The van der Waals surface area contributed by atoms with Crippen molar-refractivity contribution in [3.05, 3.63) is 40.0 Å². The van der Waals surface area contributed by atoms with E-state index in [9.17, 15) is 13.2 Å². The Balaban J connectivity index is 1.70. The first-order chi connectivity index (χ1) is 12.4. The summed E-state index contributed by atoms with van der Waals surface area (Å²) in [5.74, 6) is 0.218. The number of thiophene rings is 1. The topological polar surface area (TPSA) is 98.3 Å². The van der Waals surface area contributed by atoms with Crippen molar-refractivity contribution in [3.63, 3.8) is 0 Å². The lowest BCUT2D eigenvalue weighted by Crippen LogP contribution is -2.39. The number of hydrogen-bond donors (Lipinski definition) is 0. The first kappa shape index (κ1) is 17.0. The quantitative estimate of drug-likeness (QED) is 0.676. The monoisotopic (exact) mass is 392 g/mol. The van der Waals surface area contributed by atoms with E-state index in [2.05, 4.69) is 10.3 Å². The predicted molar refractivity (Wildman–Crippen MR) is 94.6 cm³/mol. The highest BCUT2D eigenvalue weighted by Gasteiger charge is 2.31. The summed E-state index contributed by atoms with van der Waals surface area (Å²) >= 11 is 1.51. The van der Waals surface area contributed by atoms with Gasteiger partial charge in [-0.2, -0.15) is 16.4 Å². The van der Waals surface area contributed by atoms with E-state index in [1.807, 2.05) is 16.8 Å². The Morgan fingerprint density at radius 1 is 1.35 bits per heavy atom. The SMILES string of the molecule is Cc1onc(-c2ccsc2)c1C(=O)N1CCn2ncc(S(C)(=O)=O)c2C1. The van der Waals surface area contributed by atoms with Gasteiger partial charge >= 0.3 is 0 Å². The van der Waals surface area contributed by atoms with E-state index in [1.54, 1.807) is 16.5 Å². The van der Waals surface area contributed by atoms with E-state index >= 15 is 0 Å². The standard InChI is InChI=1S/C16H16N4O4S2/c1-10-14(15(18-24-10)11-3-6-25-9-11)16(21)19-4-5-20-12(8-19)13(7-17-20)26(2,22)23/h3,6-7,9H,4-5,8H2,1-2H3. The zero-order valence-electron chi connectivity index (χ0n) is 14.2. The molecule has 8 nitrogen and oxygen atoms in total. The Morgan fingerprint density at radius 3 is 2.85 bits per heavy atom. The number of sulfone groups is 1. The van der Waals surface area contributed by atoms with Crippen molar-refractivity contribution in [2.45, 2.75) is 24.9 Å². The third kappa shape index (κ3) is 2.74. The normalized spacial score (nSPS) is 14.5. The van der Waals surface area contributed by atoms with Crippen LogP contribution < -0.4 is 0 Å². The fourth-order valence-electron chi connectivity index (χ4n) is 3.08. The second-order valence-corrected chi connectivity index (χ2v) is 8.92. The van der Waals surface area contributed by atoms with Gasteiger partial charge in [0.15, 0.2) is 9.84 Å². The van der Waals surface area contributed by atoms with Gasteiger partial charge in [-0.25, -0.2) is 8.42 Å². The number of rotatable bonds is 3. The third-order valence-corrected chi connectivity index (χ3v) is 6.21. The minimum Gasteiger partial charge on any atom is -0.360 e. The van der Waals surface area contributed by atoms with E-state index in [1.165, 1.54) is 17.5 Å². The van der Waals surface area contributed by atoms with Gasteiger partial charge in [-0.15, -0.1) is 0 Å². The second kappa shape index (κ2) is 6.06. The molecule has 10 heteroatoms. The molecule has 1 amide bonds. The van der Waals surface area contributed by atoms with Gasteiger partial charge in [0.1, 0.15) is 21.9 Å². The van der Waals surface area contributed by atoms with Crippen molar-refractivity contribution in [2.24, 2.45) is 0 Å². The van der Waals surface area contributed by atoms with Crippen LogP contribution in [0.1, 0.15) is 21.8 Å². The van der Waals surface area contributed by atoms with E-state index in [-0.39, 0.29) is 17.3 Å². The highest BCUT2D eigenvalue weighted by Crippen LogP contribution is 2.29. The molecule has 26 heavy (non-hydrogen) atoms. The molecule has 1 aliphatic heterocycles. The zero-order chi connectivity index (χ0) is 18.5. The van der Waals surface area contributed by atoms with Crippen LogP contribution in [0.15, 0.2) is 32.4 Å². The summed E-state index contributed by atoms with van der Waals surface area (Å²) in [6, 6.07) is 1.88. The number of carbonyl (C=O) groups excluding carboxylic acids is 1. The minimum atomic E-state index is -3.41. The lowest BCUT2D eigenvalue weighted by Gasteiger charge is -2.28. The van der Waals surface area contributed by atoms with Crippen molar-refractivity contribution in [1.82, 2.24) is 19.8 Å². The maximum Gasteiger partial charge on any atom is 0.260 e. The first-order valence-corrected chi connectivity index (χ1v) is 10.7. The van der Waals surface area contributed by atoms with Gasteiger partial charge in [-0.1, -0.05) is 5.16 Å². The number of amides is 1. The molecule has 0 saturated heterocycles. The van der Waals surface area contributed by atoms with Crippen molar-refractivity contribution >= 4 is 27.1 Å². The number of aromatic nitrogens is 3. The fourth-order valence-corrected chi connectivity index (χ4v) is 4.56. The summed E-state index contributed by atoms with van der Waals surface area (Å²) in [7, 11) is -3.41. The fraction of sp³-hybridized carbons (Fsp3) is 0.312. The van der Waals surface area contributed by atoms with Crippen LogP contribution in [0.2, 0.25) is 0 Å². The lowest BCUT2D eigenvalue weighted by molar-refractivity contribution is 0.0702. The molecule has 4 rings (SSSR count). The zero-order valence-corrected chi connectivity index (χ0v) is 15.8. The largest absolute Gasteiger partial charge is 0.360 e. The van der Waals surface area contributed by atoms with Crippen LogP contribution in [0.3, 0.4) is 0 Å². The van der Waals surface area contributed by atoms with E-state index in [4.69, 9.17) is 4.52 Å². The molecule has 0 spiro atoms. The third-order valence-electron chi connectivity index (χ3n) is 4.39. The molecule has 136 valence electrons. The first-order valence-electron chi connectivity index (χ1n) is 7.89. The Kier molecular flexibility index (Phi) is 3.96. The van der Waals surface area contributed by atoms with Gasteiger partial charge in [0.25, 0.3) is 5.91 Å². The average molecular weight is 392 g/mol. The van der Waals surface area contributed by atoms with Crippen LogP contribution in [0.25, 0.3) is 11.3 Å². The number of nitrogens with zero attached hydrogens (tertiary/aromatic N) is 4. The Bertz CT molecular complexity index is 1080. The van der Waals surface area contributed by atoms with Crippen LogP contribution in [0.5, 0.6) is 0 Å². The molecule has 0 aliphatic carbocycles. The summed E-state index contributed by atoms with van der Waals surface area (Å²) in [4.78, 5) is 14.9. The highest BCUT2D eigenvalue weighted by atomic mass is 32.2. The summed E-state index contributed by atoms with van der Waals surface area (Å²) < 4.78 is 30.8. The van der Waals surface area contributed by atoms with Crippen molar-refractivity contribution in [1.29, 1.82) is 0 Å². The average Bonchev–Trinajstić information content (AvgIpc) is 3.31. The number of carbonyl (C=O) groups is 1. The molecule has 0 fully saturated rings. The Morgan fingerprint density at radius 2 is 2.15 bits per heavy atom. The molecular weight excluding hydrogens is 376 g/mol. The molecule has 0 unspecified atom stereocenters. The van der Waals surface area contributed by atoms with Crippen LogP contribution in [0, 0.1) is 6.92 Å².